The first-order valence-electron chi connectivity index (χ1n) is 2.92. The standard InChI is InChI=1S/C6H13O3/c1-4-8-6(7-3)9-5-2/h4,6H,5H2,1-3H3. The van der Waals surface area contributed by atoms with Gasteiger partial charge in [-0.2, -0.15) is 0 Å². The van der Waals surface area contributed by atoms with Crippen LogP contribution in [-0.4, -0.2) is 20.2 Å². The topological polar surface area (TPSA) is 27.7 Å². The Morgan fingerprint density at radius 1 is 1.56 bits per heavy atom. The van der Waals surface area contributed by atoms with E-state index >= 15 is 0 Å². The summed E-state index contributed by atoms with van der Waals surface area (Å²) in [5.41, 5.74) is 0. The molecular formula is C6H13O3. The molecule has 9 heavy (non-hydrogen) atoms. The smallest absolute Gasteiger partial charge is 0.271 e. The highest BCUT2D eigenvalue weighted by atomic mass is 16.8. The summed E-state index contributed by atoms with van der Waals surface area (Å²) in [6.07, 6.45) is 0. The van der Waals surface area contributed by atoms with Gasteiger partial charge in [0, 0.05) is 13.7 Å². The zero-order valence-electron chi connectivity index (χ0n) is 6.09. The molecule has 0 aromatic carbocycles. The van der Waals surface area contributed by atoms with Crippen LogP contribution in [0.1, 0.15) is 13.8 Å². The molecule has 55 valence electrons. The molecule has 1 radical (unpaired) electrons. The van der Waals surface area contributed by atoms with Crippen molar-refractivity contribution in [2.24, 2.45) is 0 Å². The van der Waals surface area contributed by atoms with Crippen LogP contribution in [0.3, 0.4) is 0 Å². The molecule has 0 amide bonds. The first-order valence-corrected chi connectivity index (χ1v) is 2.92. The summed E-state index contributed by atoms with van der Waals surface area (Å²) in [6.45, 7) is 5.23. The Balaban J connectivity index is 3.18. The van der Waals surface area contributed by atoms with Gasteiger partial charge in [0.05, 0.1) is 6.61 Å². The number of methoxy groups -OCH3 is 1. The van der Waals surface area contributed by atoms with Crippen molar-refractivity contribution >= 4 is 0 Å². The Labute approximate surface area is 55.9 Å². The van der Waals surface area contributed by atoms with Crippen LogP contribution in [0.25, 0.3) is 0 Å². The van der Waals surface area contributed by atoms with Crippen molar-refractivity contribution in [1.82, 2.24) is 0 Å². The molecule has 0 saturated carbocycles. The van der Waals surface area contributed by atoms with Gasteiger partial charge in [-0.15, -0.1) is 0 Å². The van der Waals surface area contributed by atoms with E-state index < -0.39 is 6.48 Å². The molecule has 0 saturated heterocycles. The van der Waals surface area contributed by atoms with E-state index in [1.165, 1.54) is 13.7 Å². The average molecular weight is 133 g/mol. The molecule has 0 bridgehead atoms. The second-order valence-electron chi connectivity index (χ2n) is 1.35. The molecule has 0 rings (SSSR count). The zero-order valence-corrected chi connectivity index (χ0v) is 6.09. The van der Waals surface area contributed by atoms with Crippen molar-refractivity contribution in [2.45, 2.75) is 20.3 Å². The zero-order chi connectivity index (χ0) is 7.11. The van der Waals surface area contributed by atoms with Crippen molar-refractivity contribution in [3.05, 3.63) is 6.61 Å². The molecule has 1 unspecified atom stereocenters. The van der Waals surface area contributed by atoms with Crippen LogP contribution >= 0.6 is 0 Å². The summed E-state index contributed by atoms with van der Waals surface area (Å²) in [5, 5.41) is 0. The highest BCUT2D eigenvalue weighted by Crippen LogP contribution is 1.95. The third kappa shape index (κ3) is 4.39. The summed E-state index contributed by atoms with van der Waals surface area (Å²) in [4.78, 5) is 0. The van der Waals surface area contributed by atoms with Crippen LogP contribution in [0.2, 0.25) is 0 Å². The van der Waals surface area contributed by atoms with Gasteiger partial charge in [0.1, 0.15) is 0 Å². The fourth-order valence-electron chi connectivity index (χ4n) is 0.410. The molecule has 0 aliphatic rings. The van der Waals surface area contributed by atoms with E-state index in [0.717, 1.165) is 0 Å². The Morgan fingerprint density at radius 3 is 2.56 bits per heavy atom. The SMILES string of the molecule is C[CH]OC(OC)OCC. The van der Waals surface area contributed by atoms with Gasteiger partial charge < -0.3 is 14.2 Å². The molecule has 0 heterocycles. The summed E-state index contributed by atoms with van der Waals surface area (Å²) < 4.78 is 14.6. The van der Waals surface area contributed by atoms with Gasteiger partial charge in [-0.1, -0.05) is 0 Å². The first-order chi connectivity index (χ1) is 4.35. The Hall–Kier alpha value is -0.120. The van der Waals surface area contributed by atoms with E-state index in [1.54, 1.807) is 6.92 Å². The number of rotatable bonds is 5. The largest absolute Gasteiger partial charge is 0.333 e. The summed E-state index contributed by atoms with van der Waals surface area (Å²) in [7, 11) is 1.53. The van der Waals surface area contributed by atoms with Crippen LogP contribution in [-0.2, 0) is 14.2 Å². The summed E-state index contributed by atoms with van der Waals surface area (Å²) >= 11 is 0. The van der Waals surface area contributed by atoms with Gasteiger partial charge in [-0.05, 0) is 13.8 Å². The molecule has 0 spiro atoms. The van der Waals surface area contributed by atoms with Crippen molar-refractivity contribution in [1.29, 1.82) is 0 Å². The average Bonchev–Trinajstić information content (AvgIpc) is 1.88. The molecule has 0 aromatic rings. The number of hydrogen-bond acceptors (Lipinski definition) is 3. The summed E-state index contributed by atoms with van der Waals surface area (Å²) in [5.74, 6) is 0. The number of ether oxygens (including phenoxy) is 3. The lowest BCUT2D eigenvalue weighted by molar-refractivity contribution is -0.260. The molecule has 3 nitrogen and oxygen atoms in total. The lowest BCUT2D eigenvalue weighted by atomic mass is 10.8. The van der Waals surface area contributed by atoms with E-state index in [4.69, 9.17) is 14.2 Å². The first kappa shape index (κ1) is 8.88. The van der Waals surface area contributed by atoms with Gasteiger partial charge in [-0.3, -0.25) is 0 Å². The van der Waals surface area contributed by atoms with E-state index in [2.05, 4.69) is 0 Å². The minimum absolute atomic E-state index is 0.542. The normalized spacial score (nSPS) is 10.7. The van der Waals surface area contributed by atoms with Gasteiger partial charge in [0.2, 0.25) is 0 Å². The lowest BCUT2D eigenvalue weighted by Gasteiger charge is -2.12. The minimum Gasteiger partial charge on any atom is -0.333 e. The molecule has 1 atom stereocenters. The second-order valence-corrected chi connectivity index (χ2v) is 1.35. The quantitative estimate of drug-likeness (QED) is 0.526. The Morgan fingerprint density at radius 2 is 2.22 bits per heavy atom. The van der Waals surface area contributed by atoms with Crippen molar-refractivity contribution in [2.75, 3.05) is 13.7 Å². The number of hydrogen-bond donors (Lipinski definition) is 0. The Bertz CT molecular complexity index is 50.3. The van der Waals surface area contributed by atoms with E-state index in [0.29, 0.717) is 6.61 Å². The lowest BCUT2D eigenvalue weighted by Crippen LogP contribution is -2.17. The molecule has 0 aromatic heterocycles. The predicted octanol–water partition coefficient (Wildman–Crippen LogP) is 1.15. The molecule has 0 aliphatic heterocycles. The fourth-order valence-corrected chi connectivity index (χ4v) is 0.410. The minimum atomic E-state index is -0.542. The third-order valence-corrected chi connectivity index (χ3v) is 0.742. The molecule has 3 heteroatoms. The van der Waals surface area contributed by atoms with E-state index in [-0.39, 0.29) is 0 Å². The van der Waals surface area contributed by atoms with Gasteiger partial charge in [-0.25, -0.2) is 0 Å². The second kappa shape index (κ2) is 6.01. The fraction of sp³-hybridized carbons (Fsp3) is 0.833. The maximum absolute atomic E-state index is 4.96. The molecule has 0 N–H and O–H groups in total. The predicted molar refractivity (Wildman–Crippen MR) is 33.5 cm³/mol. The van der Waals surface area contributed by atoms with Crippen molar-refractivity contribution in [3.8, 4) is 0 Å². The van der Waals surface area contributed by atoms with Crippen LogP contribution in [0.4, 0.5) is 0 Å². The highest BCUT2D eigenvalue weighted by molar-refractivity contribution is 4.32. The van der Waals surface area contributed by atoms with Crippen molar-refractivity contribution in [3.63, 3.8) is 0 Å². The maximum atomic E-state index is 4.96. The van der Waals surface area contributed by atoms with E-state index in [1.807, 2.05) is 6.92 Å². The maximum Gasteiger partial charge on any atom is 0.271 e. The third-order valence-electron chi connectivity index (χ3n) is 0.742. The van der Waals surface area contributed by atoms with Gasteiger partial charge in [0.15, 0.2) is 0 Å². The van der Waals surface area contributed by atoms with Crippen LogP contribution in [0.15, 0.2) is 0 Å². The van der Waals surface area contributed by atoms with E-state index in [9.17, 15) is 0 Å². The molecule has 0 aliphatic carbocycles. The van der Waals surface area contributed by atoms with Gasteiger partial charge in [0.25, 0.3) is 6.48 Å². The molecule has 0 fully saturated rings. The van der Waals surface area contributed by atoms with Crippen molar-refractivity contribution < 1.29 is 14.2 Å². The molecular weight excluding hydrogens is 120 g/mol. The summed E-state index contributed by atoms with van der Waals surface area (Å²) in [6, 6.07) is 0. The van der Waals surface area contributed by atoms with Crippen LogP contribution in [0.5, 0.6) is 0 Å². The van der Waals surface area contributed by atoms with Crippen LogP contribution in [0, 0.1) is 6.61 Å². The van der Waals surface area contributed by atoms with Gasteiger partial charge >= 0.3 is 0 Å². The highest BCUT2D eigenvalue weighted by Gasteiger charge is 2.02. The van der Waals surface area contributed by atoms with Crippen LogP contribution < -0.4 is 0 Å². The Kier molecular flexibility index (Phi) is 5.93. The monoisotopic (exact) mass is 133 g/mol.